The Labute approximate surface area is 181 Å². The fourth-order valence-corrected chi connectivity index (χ4v) is 3.75. The predicted molar refractivity (Wildman–Crippen MR) is 112 cm³/mol. The van der Waals surface area contributed by atoms with Crippen molar-refractivity contribution in [1.29, 1.82) is 0 Å². The van der Waals surface area contributed by atoms with E-state index in [1.54, 1.807) is 36.4 Å². The number of carboxylic acids is 1. The molecule has 0 saturated carbocycles. The van der Waals surface area contributed by atoms with Crippen LogP contribution < -0.4 is 20.1 Å². The highest BCUT2D eigenvalue weighted by atomic mass is 16.5. The van der Waals surface area contributed by atoms with Crippen LogP contribution in [0.3, 0.4) is 0 Å². The summed E-state index contributed by atoms with van der Waals surface area (Å²) in [5.74, 6) is 1.52. The molecule has 1 amide bonds. The number of aromatic carboxylic acids is 1. The number of nitrogens with one attached hydrogen (secondary N) is 2. The van der Waals surface area contributed by atoms with E-state index in [0.717, 1.165) is 18.5 Å². The maximum absolute atomic E-state index is 12.7. The van der Waals surface area contributed by atoms with Gasteiger partial charge in [0.05, 0.1) is 18.6 Å². The molecule has 0 radical (unpaired) electrons. The van der Waals surface area contributed by atoms with Crippen LogP contribution in [0.25, 0.3) is 0 Å². The molecule has 3 atom stereocenters. The number of rotatable bonds is 7. The molecule has 2 aromatic carbocycles. The minimum absolute atomic E-state index is 0.144. The van der Waals surface area contributed by atoms with Crippen molar-refractivity contribution in [2.45, 2.75) is 31.5 Å². The Morgan fingerprint density at radius 3 is 2.48 bits per heavy atom. The fraction of sp³-hybridized carbons (Fsp3) is 0.333. The lowest BCUT2D eigenvalue weighted by Gasteiger charge is -2.25. The number of hydrogen-bond donors (Lipinski definition) is 3. The molecule has 1 heterocycles. The van der Waals surface area contributed by atoms with Crippen molar-refractivity contribution in [3.63, 3.8) is 0 Å². The molecule has 7 nitrogen and oxygen atoms in total. The number of benzene rings is 2. The molecule has 0 aromatic heterocycles. The molecule has 162 valence electrons. The summed E-state index contributed by atoms with van der Waals surface area (Å²) in [6.07, 6.45) is 5.99. The average Bonchev–Trinajstić information content (AvgIpc) is 2.94. The van der Waals surface area contributed by atoms with Crippen LogP contribution in [0.2, 0.25) is 0 Å². The molecule has 0 aliphatic carbocycles. The van der Waals surface area contributed by atoms with Crippen molar-refractivity contribution in [3.8, 4) is 18.1 Å². The Hall–Kier alpha value is -3.34. The third kappa shape index (κ3) is 6.32. The number of ether oxygens (including phenoxy) is 1. The molecular formula is C24H26N2O5. The third-order valence-electron chi connectivity index (χ3n) is 5.40. The van der Waals surface area contributed by atoms with Gasteiger partial charge in [0.15, 0.2) is 0 Å². The van der Waals surface area contributed by atoms with Gasteiger partial charge in [-0.1, -0.05) is 30.2 Å². The fourth-order valence-electron chi connectivity index (χ4n) is 3.75. The predicted octanol–water partition coefficient (Wildman–Crippen LogP) is -0.600. The average molecular weight is 422 g/mol. The van der Waals surface area contributed by atoms with Gasteiger partial charge in [-0.05, 0) is 42.7 Å². The summed E-state index contributed by atoms with van der Waals surface area (Å²) in [6, 6.07) is 12.9. The lowest BCUT2D eigenvalue weighted by molar-refractivity contribution is -0.914. The van der Waals surface area contributed by atoms with Crippen LogP contribution in [-0.4, -0.2) is 48.8 Å². The highest BCUT2D eigenvalue weighted by molar-refractivity contribution is 5.94. The Balaban J connectivity index is 1.62. The molecule has 3 rings (SSSR count). The van der Waals surface area contributed by atoms with Gasteiger partial charge in [0.25, 0.3) is 5.91 Å². The van der Waals surface area contributed by atoms with E-state index in [0.29, 0.717) is 30.8 Å². The van der Waals surface area contributed by atoms with Gasteiger partial charge in [-0.3, -0.25) is 4.79 Å². The number of terminal acetylenes is 1. The summed E-state index contributed by atoms with van der Waals surface area (Å²) in [5.41, 5.74) is 1.61. The molecule has 1 aliphatic rings. The van der Waals surface area contributed by atoms with Gasteiger partial charge in [-0.15, -0.1) is 6.42 Å². The van der Waals surface area contributed by atoms with E-state index in [1.807, 2.05) is 0 Å². The first-order chi connectivity index (χ1) is 15.0. The number of likely N-dealkylation sites (tertiary alicyclic amines) is 1. The van der Waals surface area contributed by atoms with Crippen LogP contribution in [0.1, 0.15) is 39.1 Å². The first-order valence-corrected chi connectivity index (χ1v) is 10.3. The summed E-state index contributed by atoms with van der Waals surface area (Å²) in [4.78, 5) is 24.8. The van der Waals surface area contributed by atoms with E-state index in [1.165, 1.54) is 17.0 Å². The standard InChI is InChI=1S/C24H26N2O5/c1-2-14-31-20-11-9-18(10-12-20)23(28)25-21-16-26(13-3-4-22(21)27)15-17-5-7-19(8-6-17)24(29)30/h1,5-12,21-22,27H,3-4,13-16H2,(H,25,28)(H,29,30)/t21-,22-/m1/s1. The Bertz CT molecular complexity index is 934. The largest absolute Gasteiger partial charge is 0.545 e. The molecule has 1 fully saturated rings. The lowest BCUT2D eigenvalue weighted by atomic mass is 10.1. The summed E-state index contributed by atoms with van der Waals surface area (Å²) < 4.78 is 5.32. The second-order valence-corrected chi connectivity index (χ2v) is 7.67. The van der Waals surface area contributed by atoms with Gasteiger partial charge in [0.2, 0.25) is 0 Å². The molecule has 1 aliphatic heterocycles. The summed E-state index contributed by atoms with van der Waals surface area (Å²) in [6.45, 7) is 2.26. The van der Waals surface area contributed by atoms with E-state index < -0.39 is 12.1 Å². The molecule has 0 spiro atoms. The number of carbonyl (C=O) groups is 2. The quantitative estimate of drug-likeness (QED) is 0.517. The van der Waals surface area contributed by atoms with Crippen molar-refractivity contribution in [2.75, 3.05) is 19.7 Å². The number of quaternary nitrogens is 1. The third-order valence-corrected chi connectivity index (χ3v) is 5.40. The van der Waals surface area contributed by atoms with Crippen molar-refractivity contribution in [1.82, 2.24) is 5.32 Å². The van der Waals surface area contributed by atoms with Crippen LogP contribution in [-0.2, 0) is 6.54 Å². The number of aliphatic hydroxyl groups excluding tert-OH is 1. The molecule has 2 aromatic rings. The van der Waals surface area contributed by atoms with Crippen LogP contribution in [0.15, 0.2) is 48.5 Å². The summed E-state index contributed by atoms with van der Waals surface area (Å²) in [7, 11) is 0. The van der Waals surface area contributed by atoms with Gasteiger partial charge in [-0.2, -0.15) is 0 Å². The van der Waals surface area contributed by atoms with Crippen molar-refractivity contribution in [2.24, 2.45) is 0 Å². The minimum atomic E-state index is -1.20. The molecule has 1 unspecified atom stereocenters. The number of amides is 1. The normalized spacial score (nSPS) is 20.8. The zero-order valence-corrected chi connectivity index (χ0v) is 17.2. The van der Waals surface area contributed by atoms with Crippen LogP contribution in [0.4, 0.5) is 0 Å². The summed E-state index contributed by atoms with van der Waals surface area (Å²) >= 11 is 0. The molecule has 3 N–H and O–H groups in total. The Kier molecular flexibility index (Phi) is 7.65. The van der Waals surface area contributed by atoms with Crippen molar-refractivity contribution >= 4 is 11.9 Å². The lowest BCUT2D eigenvalue weighted by Crippen LogP contribution is -3.12. The van der Waals surface area contributed by atoms with Gasteiger partial charge < -0.3 is 30.0 Å². The zero-order chi connectivity index (χ0) is 22.2. The molecule has 31 heavy (non-hydrogen) atoms. The van der Waals surface area contributed by atoms with Crippen molar-refractivity contribution in [3.05, 3.63) is 65.2 Å². The van der Waals surface area contributed by atoms with E-state index >= 15 is 0 Å². The highest BCUT2D eigenvalue weighted by Gasteiger charge is 2.29. The topological polar surface area (TPSA) is 103 Å². The smallest absolute Gasteiger partial charge is 0.251 e. The van der Waals surface area contributed by atoms with E-state index in [4.69, 9.17) is 11.2 Å². The second-order valence-electron chi connectivity index (χ2n) is 7.67. The molecular weight excluding hydrogens is 396 g/mol. The van der Waals surface area contributed by atoms with Gasteiger partial charge >= 0.3 is 0 Å². The van der Waals surface area contributed by atoms with Crippen LogP contribution in [0.5, 0.6) is 5.75 Å². The maximum Gasteiger partial charge on any atom is 0.251 e. The Morgan fingerprint density at radius 2 is 1.84 bits per heavy atom. The number of carboxylic acid groups (broad SMARTS) is 1. The Morgan fingerprint density at radius 1 is 1.16 bits per heavy atom. The first kappa shape index (κ1) is 22.3. The number of hydrogen-bond acceptors (Lipinski definition) is 5. The minimum Gasteiger partial charge on any atom is -0.545 e. The summed E-state index contributed by atoms with van der Waals surface area (Å²) in [5, 5.41) is 24.4. The maximum atomic E-state index is 12.7. The van der Waals surface area contributed by atoms with Gasteiger partial charge in [-0.25, -0.2) is 0 Å². The van der Waals surface area contributed by atoms with Crippen LogP contribution >= 0.6 is 0 Å². The molecule has 7 heteroatoms. The monoisotopic (exact) mass is 422 g/mol. The van der Waals surface area contributed by atoms with Crippen molar-refractivity contribution < 1.29 is 29.4 Å². The van der Waals surface area contributed by atoms with E-state index in [2.05, 4.69) is 11.2 Å². The molecule has 1 saturated heterocycles. The zero-order valence-electron chi connectivity index (χ0n) is 17.2. The second kappa shape index (κ2) is 10.6. The number of carbonyl (C=O) groups excluding carboxylic acids is 2. The SMILES string of the molecule is C#CCOc1ccc(C(=O)N[C@@H]2C[NH+](Cc3ccc(C(=O)[O-])cc3)CCC[C@H]2O)cc1. The van der Waals surface area contributed by atoms with E-state index in [9.17, 15) is 19.8 Å². The van der Waals surface area contributed by atoms with Gasteiger partial charge in [0, 0.05) is 11.1 Å². The highest BCUT2D eigenvalue weighted by Crippen LogP contribution is 2.13. The van der Waals surface area contributed by atoms with E-state index in [-0.39, 0.29) is 24.1 Å². The van der Waals surface area contributed by atoms with Crippen LogP contribution in [0, 0.1) is 12.3 Å². The first-order valence-electron chi connectivity index (χ1n) is 10.3. The van der Waals surface area contributed by atoms with Gasteiger partial charge in [0.1, 0.15) is 31.5 Å². The molecule has 0 bridgehead atoms. The number of aliphatic hydroxyl groups is 1.